The highest BCUT2D eigenvalue weighted by molar-refractivity contribution is 6.08. The van der Waals surface area contributed by atoms with E-state index in [9.17, 15) is 23.2 Å². The summed E-state index contributed by atoms with van der Waals surface area (Å²) in [4.78, 5) is 44.2. The molecule has 2 aliphatic rings. The number of carbonyl (C=O) groups is 3. The zero-order chi connectivity index (χ0) is 27.7. The summed E-state index contributed by atoms with van der Waals surface area (Å²) in [6, 6.07) is 13.6. The molecule has 1 aromatic heterocycles. The lowest BCUT2D eigenvalue weighted by atomic mass is 9.82. The summed E-state index contributed by atoms with van der Waals surface area (Å²) in [6.45, 7) is 1.56. The van der Waals surface area contributed by atoms with Gasteiger partial charge in [0.2, 0.25) is 5.91 Å². The predicted octanol–water partition coefficient (Wildman–Crippen LogP) is 3.57. The lowest BCUT2D eigenvalue weighted by Crippen LogP contribution is -2.69. The Morgan fingerprint density at radius 2 is 1.85 bits per heavy atom. The van der Waals surface area contributed by atoms with Gasteiger partial charge in [-0.1, -0.05) is 36.4 Å². The Hall–Kier alpha value is -4.74. The van der Waals surface area contributed by atoms with Crippen molar-refractivity contribution in [3.8, 4) is 11.5 Å². The number of esters is 1. The molecular formula is C27H24F2N4O6. The van der Waals surface area contributed by atoms with E-state index in [0.29, 0.717) is 11.1 Å². The number of nitrogens with two attached hydrogens (primary N) is 1. The molecule has 0 spiro atoms. The molecule has 0 aliphatic carbocycles. The maximum atomic E-state index is 13.4. The molecule has 3 aromatic rings. The van der Waals surface area contributed by atoms with Crippen LogP contribution in [0.5, 0.6) is 11.5 Å². The summed E-state index contributed by atoms with van der Waals surface area (Å²) < 4.78 is 41.1. The van der Waals surface area contributed by atoms with Gasteiger partial charge in [-0.05, 0) is 54.3 Å². The number of β-lactam (4-membered cyclic amide) rings is 1. The number of pyridine rings is 1. The van der Waals surface area contributed by atoms with Crippen LogP contribution in [-0.4, -0.2) is 40.1 Å². The molecule has 1 saturated heterocycles. The van der Waals surface area contributed by atoms with Gasteiger partial charge >= 0.3 is 18.3 Å². The van der Waals surface area contributed by atoms with Crippen molar-refractivity contribution in [1.82, 2.24) is 15.2 Å². The topological polar surface area (TPSA) is 133 Å². The Bertz CT molecular complexity index is 1420. The average molecular weight is 539 g/mol. The minimum Gasteiger partial charge on any atom is -0.459 e. The molecule has 3 heterocycles. The molecule has 0 bridgehead atoms. The number of halogens is 2. The fourth-order valence-corrected chi connectivity index (χ4v) is 4.51. The first-order valence-electron chi connectivity index (χ1n) is 12.1. The highest BCUT2D eigenvalue weighted by Crippen LogP contribution is 2.42. The normalized spacial score (nSPS) is 19.7. The first-order valence-corrected chi connectivity index (χ1v) is 12.1. The Labute approximate surface area is 221 Å². The maximum absolute atomic E-state index is 13.4. The number of ether oxygens (including phenoxy) is 3. The lowest BCUT2D eigenvalue weighted by molar-refractivity contribution is -0.286. The highest BCUT2D eigenvalue weighted by atomic mass is 19.3. The molecular weight excluding hydrogens is 514 g/mol. The van der Waals surface area contributed by atoms with Gasteiger partial charge < -0.3 is 25.3 Å². The number of aromatic nitrogens is 1. The number of nitrogens with one attached hydrogen (secondary N) is 1. The highest BCUT2D eigenvalue weighted by Gasteiger charge is 2.55. The van der Waals surface area contributed by atoms with E-state index in [1.165, 1.54) is 24.4 Å². The standard InChI is InChI=1S/C27H24F2N4O6/c1-15(18-7-8-20-21(13-18)39-27(28,29)38-20)32-26(36)33-23(25(35)37-14-16-5-3-2-4-6-16)19(24(33)34)11-17-9-10-31-22(30)12-17/h2-10,12-13,15,19,23H,11,14H2,1H3,(H2,30,31)(H,32,36)/t15-,19-,23+/m1/s1. The minimum atomic E-state index is -3.78. The van der Waals surface area contributed by atoms with Crippen molar-refractivity contribution in [2.75, 3.05) is 5.73 Å². The van der Waals surface area contributed by atoms with Crippen LogP contribution in [0.4, 0.5) is 19.4 Å². The molecule has 10 nitrogen and oxygen atoms in total. The van der Waals surface area contributed by atoms with Gasteiger partial charge in [-0.25, -0.2) is 19.5 Å². The van der Waals surface area contributed by atoms with E-state index in [1.54, 1.807) is 43.3 Å². The number of amides is 3. The van der Waals surface area contributed by atoms with Crippen molar-refractivity contribution in [3.63, 3.8) is 0 Å². The van der Waals surface area contributed by atoms with Crippen LogP contribution in [0.25, 0.3) is 0 Å². The number of imide groups is 1. The summed E-state index contributed by atoms with van der Waals surface area (Å²) in [6.07, 6.45) is -2.14. The SMILES string of the molecule is C[C@@H](NC(=O)N1C(=O)[C@H](Cc2ccnc(N)c2)[C@H]1C(=O)OCc1ccccc1)c1ccc2c(c1)OC(F)(F)O2. The van der Waals surface area contributed by atoms with E-state index >= 15 is 0 Å². The monoisotopic (exact) mass is 538 g/mol. The van der Waals surface area contributed by atoms with Crippen molar-refractivity contribution in [2.24, 2.45) is 5.92 Å². The number of rotatable bonds is 7. The first-order chi connectivity index (χ1) is 18.6. The second kappa shape index (κ2) is 10.2. The summed E-state index contributed by atoms with van der Waals surface area (Å²) >= 11 is 0. The number of carbonyl (C=O) groups excluding carboxylic acids is 3. The second-order valence-corrected chi connectivity index (χ2v) is 9.19. The van der Waals surface area contributed by atoms with E-state index in [4.69, 9.17) is 10.5 Å². The number of benzene rings is 2. The summed E-state index contributed by atoms with van der Waals surface area (Å²) in [5, 5.41) is 2.64. The van der Waals surface area contributed by atoms with Gasteiger partial charge in [-0.2, -0.15) is 0 Å². The van der Waals surface area contributed by atoms with E-state index in [2.05, 4.69) is 19.8 Å². The third-order valence-corrected chi connectivity index (χ3v) is 6.46. The van der Waals surface area contributed by atoms with Gasteiger partial charge in [0.1, 0.15) is 12.4 Å². The fourth-order valence-electron chi connectivity index (χ4n) is 4.51. The third-order valence-electron chi connectivity index (χ3n) is 6.46. The number of nitrogen functional groups attached to an aromatic ring is 1. The molecule has 1 fully saturated rings. The molecule has 0 saturated carbocycles. The fraction of sp³-hybridized carbons (Fsp3) is 0.259. The van der Waals surface area contributed by atoms with Crippen LogP contribution in [-0.2, 0) is 27.4 Å². The van der Waals surface area contributed by atoms with Crippen LogP contribution >= 0.6 is 0 Å². The van der Waals surface area contributed by atoms with Crippen LogP contribution in [0, 0.1) is 5.92 Å². The predicted molar refractivity (Wildman–Crippen MR) is 132 cm³/mol. The molecule has 5 rings (SSSR count). The number of hydrogen-bond donors (Lipinski definition) is 2. The van der Waals surface area contributed by atoms with Gasteiger partial charge in [0, 0.05) is 6.20 Å². The van der Waals surface area contributed by atoms with Crippen molar-refractivity contribution >= 4 is 23.7 Å². The second-order valence-electron chi connectivity index (χ2n) is 9.19. The molecule has 3 N–H and O–H groups in total. The smallest absolute Gasteiger partial charge is 0.459 e. The van der Waals surface area contributed by atoms with Gasteiger partial charge in [0.15, 0.2) is 17.5 Å². The number of anilines is 1. The molecule has 3 atom stereocenters. The molecule has 202 valence electrons. The van der Waals surface area contributed by atoms with Crippen LogP contribution in [0.1, 0.15) is 29.7 Å². The molecule has 0 radical (unpaired) electrons. The van der Waals surface area contributed by atoms with Gasteiger partial charge in [-0.15, -0.1) is 8.78 Å². The zero-order valence-corrected chi connectivity index (χ0v) is 20.7. The average Bonchev–Trinajstić information content (AvgIpc) is 3.22. The van der Waals surface area contributed by atoms with Crippen molar-refractivity contribution in [2.45, 2.75) is 38.3 Å². The van der Waals surface area contributed by atoms with E-state index in [1.807, 2.05) is 6.07 Å². The summed E-state index contributed by atoms with van der Waals surface area (Å²) in [7, 11) is 0. The summed E-state index contributed by atoms with van der Waals surface area (Å²) in [5.41, 5.74) is 7.59. The van der Waals surface area contributed by atoms with E-state index < -0.39 is 42.2 Å². The Morgan fingerprint density at radius 3 is 2.59 bits per heavy atom. The Balaban J connectivity index is 1.31. The zero-order valence-electron chi connectivity index (χ0n) is 20.7. The van der Waals surface area contributed by atoms with Gasteiger partial charge in [-0.3, -0.25) is 4.79 Å². The van der Waals surface area contributed by atoms with Crippen LogP contribution in [0.3, 0.4) is 0 Å². The number of hydrogen-bond acceptors (Lipinski definition) is 8. The third kappa shape index (κ3) is 5.44. The summed E-state index contributed by atoms with van der Waals surface area (Å²) in [5.74, 6) is -2.23. The van der Waals surface area contributed by atoms with Crippen LogP contribution in [0.2, 0.25) is 0 Å². The quantitative estimate of drug-likeness (QED) is 0.345. The maximum Gasteiger partial charge on any atom is 0.586 e. The van der Waals surface area contributed by atoms with Crippen molar-refractivity contribution in [1.29, 1.82) is 0 Å². The lowest BCUT2D eigenvalue weighted by Gasteiger charge is -2.44. The number of fused-ring (bicyclic) bond motifs is 1. The molecule has 2 aliphatic heterocycles. The number of nitrogens with zero attached hydrogens (tertiary/aromatic N) is 2. The van der Waals surface area contributed by atoms with Crippen LogP contribution < -0.4 is 20.5 Å². The minimum absolute atomic E-state index is 0.0347. The first kappa shape index (κ1) is 25.9. The van der Waals surface area contributed by atoms with Crippen LogP contribution in [0.15, 0.2) is 66.9 Å². The molecule has 0 unspecified atom stereocenters. The van der Waals surface area contributed by atoms with Gasteiger partial charge in [0.05, 0.1) is 12.0 Å². The molecule has 3 amide bonds. The number of alkyl halides is 2. The number of likely N-dealkylation sites (tertiary alicyclic amines) is 1. The number of urea groups is 1. The van der Waals surface area contributed by atoms with Gasteiger partial charge in [0.25, 0.3) is 0 Å². The molecule has 2 aromatic carbocycles. The van der Waals surface area contributed by atoms with E-state index in [-0.39, 0.29) is 30.3 Å². The Kier molecular flexibility index (Phi) is 6.77. The Morgan fingerprint density at radius 1 is 1.10 bits per heavy atom. The largest absolute Gasteiger partial charge is 0.586 e. The van der Waals surface area contributed by atoms with Crippen molar-refractivity contribution in [3.05, 3.63) is 83.6 Å². The molecule has 39 heavy (non-hydrogen) atoms. The molecule has 12 heteroatoms. The van der Waals surface area contributed by atoms with Crippen molar-refractivity contribution < 1.29 is 37.4 Å². The van der Waals surface area contributed by atoms with E-state index in [0.717, 1.165) is 10.5 Å².